The minimum Gasteiger partial charge on any atom is -0.289 e. The molecule has 0 spiro atoms. The molecule has 2 aromatic carbocycles. The molecule has 0 heterocycles. The first-order chi connectivity index (χ1) is 9.37. The lowest BCUT2D eigenvalue weighted by Gasteiger charge is -2.11. The van der Waals surface area contributed by atoms with Crippen LogP contribution in [0.15, 0.2) is 48.5 Å². The van der Waals surface area contributed by atoms with Crippen LogP contribution in [0.1, 0.15) is 21.5 Å². The third-order valence-electron chi connectivity index (χ3n) is 2.76. The molecule has 0 saturated carbocycles. The molecule has 0 N–H and O–H groups in total. The topological polar surface area (TPSA) is 17.1 Å². The van der Waals surface area contributed by atoms with Crippen LogP contribution in [0.4, 0.5) is 13.2 Å². The summed E-state index contributed by atoms with van der Waals surface area (Å²) in [4.78, 5) is 12.3. The van der Waals surface area contributed by atoms with Crippen molar-refractivity contribution < 1.29 is 18.0 Å². The minimum atomic E-state index is -4.35. The molecule has 2 rings (SSSR count). The Morgan fingerprint density at radius 3 is 2.20 bits per heavy atom. The molecule has 0 aliphatic carbocycles. The lowest BCUT2D eigenvalue weighted by molar-refractivity contribution is -0.127. The number of benzene rings is 2. The fraction of sp³-hybridized carbons (Fsp3) is 0.133. The Balaban J connectivity index is 2.37. The Morgan fingerprint density at radius 1 is 1.00 bits per heavy atom. The molecular weight excluding hydrogens is 289 g/mol. The van der Waals surface area contributed by atoms with Gasteiger partial charge in [0.1, 0.15) is 0 Å². The largest absolute Gasteiger partial charge is 0.393 e. The number of carbonyl (C=O) groups is 1. The highest BCUT2D eigenvalue weighted by Gasteiger charge is 2.29. The summed E-state index contributed by atoms with van der Waals surface area (Å²) in [6, 6.07) is 11.8. The number of rotatable bonds is 3. The lowest BCUT2D eigenvalue weighted by Crippen LogP contribution is -2.15. The van der Waals surface area contributed by atoms with E-state index in [1.165, 1.54) is 42.5 Å². The van der Waals surface area contributed by atoms with Crippen LogP contribution < -0.4 is 0 Å². The van der Waals surface area contributed by atoms with Crippen molar-refractivity contribution >= 4 is 17.4 Å². The van der Waals surface area contributed by atoms with Gasteiger partial charge in [0, 0.05) is 16.1 Å². The van der Waals surface area contributed by atoms with E-state index in [0.29, 0.717) is 10.6 Å². The first-order valence-corrected chi connectivity index (χ1v) is 6.19. The Labute approximate surface area is 119 Å². The maximum absolute atomic E-state index is 12.5. The van der Waals surface area contributed by atoms with Crippen molar-refractivity contribution in [2.45, 2.75) is 12.6 Å². The van der Waals surface area contributed by atoms with Crippen LogP contribution in [0.5, 0.6) is 0 Å². The van der Waals surface area contributed by atoms with Gasteiger partial charge >= 0.3 is 6.18 Å². The van der Waals surface area contributed by atoms with E-state index in [1.807, 2.05) is 0 Å². The van der Waals surface area contributed by atoms with E-state index in [2.05, 4.69) is 0 Å². The van der Waals surface area contributed by atoms with Crippen molar-refractivity contribution in [3.05, 3.63) is 70.2 Å². The van der Waals surface area contributed by atoms with E-state index in [1.54, 1.807) is 6.07 Å². The predicted octanol–water partition coefficient (Wildman–Crippen LogP) is 4.68. The molecule has 104 valence electrons. The number of alkyl halides is 3. The van der Waals surface area contributed by atoms with Crippen LogP contribution in [0.25, 0.3) is 0 Å². The van der Waals surface area contributed by atoms with Crippen LogP contribution in [-0.4, -0.2) is 12.0 Å². The monoisotopic (exact) mass is 298 g/mol. The summed E-state index contributed by atoms with van der Waals surface area (Å²) in [7, 11) is 0. The SMILES string of the molecule is O=C(c1ccc(Cl)cc1)c1ccccc1CC(F)(F)F. The second-order valence-corrected chi connectivity index (χ2v) is 4.72. The Bertz CT molecular complexity index is 618. The van der Waals surface area contributed by atoms with Gasteiger partial charge in [-0.05, 0) is 29.8 Å². The maximum atomic E-state index is 12.5. The summed E-state index contributed by atoms with van der Waals surface area (Å²) in [6.07, 6.45) is -5.47. The second kappa shape index (κ2) is 5.67. The van der Waals surface area contributed by atoms with Gasteiger partial charge in [-0.1, -0.05) is 35.9 Å². The highest BCUT2D eigenvalue weighted by atomic mass is 35.5. The van der Waals surface area contributed by atoms with Gasteiger partial charge in [0.2, 0.25) is 0 Å². The first-order valence-electron chi connectivity index (χ1n) is 5.82. The highest BCUT2D eigenvalue weighted by Crippen LogP contribution is 2.25. The van der Waals surface area contributed by atoms with E-state index in [-0.39, 0.29) is 11.1 Å². The molecule has 0 radical (unpaired) electrons. The van der Waals surface area contributed by atoms with E-state index in [0.717, 1.165) is 0 Å². The zero-order chi connectivity index (χ0) is 14.8. The minimum absolute atomic E-state index is 0.0278. The van der Waals surface area contributed by atoms with Crippen LogP contribution >= 0.6 is 11.6 Å². The van der Waals surface area contributed by atoms with Crippen molar-refractivity contribution in [3.63, 3.8) is 0 Å². The van der Waals surface area contributed by atoms with Crippen molar-refractivity contribution in [1.29, 1.82) is 0 Å². The normalized spacial score (nSPS) is 11.4. The molecule has 5 heteroatoms. The summed E-state index contributed by atoms with van der Waals surface area (Å²) < 4.78 is 37.5. The highest BCUT2D eigenvalue weighted by molar-refractivity contribution is 6.30. The predicted molar refractivity (Wildman–Crippen MR) is 71.1 cm³/mol. The van der Waals surface area contributed by atoms with Crippen molar-refractivity contribution in [2.24, 2.45) is 0 Å². The van der Waals surface area contributed by atoms with Gasteiger partial charge in [0.25, 0.3) is 0 Å². The summed E-state index contributed by atoms with van der Waals surface area (Å²) in [5.41, 5.74) is 0.344. The van der Waals surface area contributed by atoms with Crippen LogP contribution in [-0.2, 0) is 6.42 Å². The second-order valence-electron chi connectivity index (χ2n) is 4.29. The van der Waals surface area contributed by atoms with Gasteiger partial charge in [0.15, 0.2) is 5.78 Å². The zero-order valence-electron chi connectivity index (χ0n) is 10.2. The maximum Gasteiger partial charge on any atom is 0.393 e. The molecule has 2 aromatic rings. The van der Waals surface area contributed by atoms with Crippen LogP contribution in [0, 0.1) is 0 Å². The summed E-state index contributed by atoms with van der Waals surface area (Å²) in [5, 5.41) is 0.463. The molecule has 1 nitrogen and oxygen atoms in total. The van der Waals surface area contributed by atoms with Gasteiger partial charge in [-0.25, -0.2) is 0 Å². The summed E-state index contributed by atoms with van der Waals surface area (Å²) in [5.74, 6) is -0.443. The molecule has 20 heavy (non-hydrogen) atoms. The van der Waals surface area contributed by atoms with Crippen molar-refractivity contribution in [3.8, 4) is 0 Å². The molecule has 0 aliphatic heterocycles. The molecule has 0 saturated heterocycles. The summed E-state index contributed by atoms with van der Waals surface area (Å²) >= 11 is 5.72. The molecular formula is C15H10ClF3O. The van der Waals surface area contributed by atoms with Crippen LogP contribution in [0.2, 0.25) is 5.02 Å². The number of halogens is 4. The fourth-order valence-electron chi connectivity index (χ4n) is 1.87. The van der Waals surface area contributed by atoms with Crippen LogP contribution in [0.3, 0.4) is 0 Å². The fourth-order valence-corrected chi connectivity index (χ4v) is 1.99. The number of hydrogen-bond donors (Lipinski definition) is 0. The van der Waals surface area contributed by atoms with Gasteiger partial charge in [-0.15, -0.1) is 0 Å². The average Bonchev–Trinajstić information content (AvgIpc) is 2.37. The van der Waals surface area contributed by atoms with Gasteiger partial charge in [-0.2, -0.15) is 13.2 Å². The Hall–Kier alpha value is -1.81. The Morgan fingerprint density at radius 2 is 1.60 bits per heavy atom. The third-order valence-corrected chi connectivity index (χ3v) is 3.01. The molecule has 0 amide bonds. The quantitative estimate of drug-likeness (QED) is 0.752. The number of carbonyl (C=O) groups excluding carboxylic acids is 1. The molecule has 0 bridgehead atoms. The summed E-state index contributed by atoms with van der Waals surface area (Å²) in [6.45, 7) is 0. The van der Waals surface area contributed by atoms with E-state index in [9.17, 15) is 18.0 Å². The first kappa shape index (κ1) is 14.6. The zero-order valence-corrected chi connectivity index (χ0v) is 11.0. The molecule has 0 aromatic heterocycles. The standard InChI is InChI=1S/C15H10ClF3O/c16-12-7-5-10(6-8-12)14(20)13-4-2-1-3-11(13)9-15(17,18)19/h1-8H,9H2. The van der Waals surface area contributed by atoms with Crippen molar-refractivity contribution in [1.82, 2.24) is 0 Å². The van der Waals surface area contributed by atoms with E-state index >= 15 is 0 Å². The Kier molecular flexibility index (Phi) is 4.14. The van der Waals surface area contributed by atoms with E-state index in [4.69, 9.17) is 11.6 Å². The molecule has 0 fully saturated rings. The van der Waals surface area contributed by atoms with E-state index < -0.39 is 18.4 Å². The van der Waals surface area contributed by atoms with Gasteiger partial charge in [-0.3, -0.25) is 4.79 Å². The van der Waals surface area contributed by atoms with Gasteiger partial charge < -0.3 is 0 Å². The molecule has 0 atom stereocenters. The number of ketones is 1. The average molecular weight is 299 g/mol. The molecule has 0 unspecified atom stereocenters. The van der Waals surface area contributed by atoms with Gasteiger partial charge in [0.05, 0.1) is 6.42 Å². The molecule has 0 aliphatic rings. The smallest absolute Gasteiger partial charge is 0.289 e. The lowest BCUT2D eigenvalue weighted by atomic mass is 9.96. The van der Waals surface area contributed by atoms with Crippen molar-refractivity contribution in [2.75, 3.05) is 0 Å². The third kappa shape index (κ3) is 3.61. The number of hydrogen-bond acceptors (Lipinski definition) is 1.